The van der Waals surface area contributed by atoms with E-state index in [4.69, 9.17) is 9.47 Å². The van der Waals surface area contributed by atoms with Gasteiger partial charge in [0.2, 0.25) is 18.6 Å². The van der Waals surface area contributed by atoms with Crippen molar-refractivity contribution in [2.45, 2.75) is 6.42 Å². The molecule has 9 nitrogen and oxygen atoms in total. The Labute approximate surface area is 165 Å². The fourth-order valence-corrected chi connectivity index (χ4v) is 3.30. The first-order valence-electron chi connectivity index (χ1n) is 8.88. The molecule has 150 valence electrons. The summed E-state index contributed by atoms with van der Waals surface area (Å²) in [6.45, 7) is 0.335. The zero-order chi connectivity index (χ0) is 20.5. The molecule has 1 fully saturated rings. The van der Waals surface area contributed by atoms with Crippen molar-refractivity contribution >= 4 is 29.2 Å². The largest absolute Gasteiger partial charge is 0.506 e. The number of fused-ring (bicyclic) bond motifs is 1. The van der Waals surface area contributed by atoms with Crippen molar-refractivity contribution in [2.75, 3.05) is 30.7 Å². The molecular weight excluding hydrogens is 380 g/mol. The van der Waals surface area contributed by atoms with Gasteiger partial charge in [0.25, 0.3) is 0 Å². The molecule has 2 aromatic carbocycles. The summed E-state index contributed by atoms with van der Waals surface area (Å²) in [5.74, 6) is -0.874. The first-order valence-corrected chi connectivity index (χ1v) is 8.88. The monoisotopic (exact) mass is 398 g/mol. The van der Waals surface area contributed by atoms with Gasteiger partial charge in [-0.25, -0.2) is 4.79 Å². The van der Waals surface area contributed by atoms with E-state index in [1.807, 2.05) is 0 Å². The van der Waals surface area contributed by atoms with E-state index in [-0.39, 0.29) is 42.7 Å². The van der Waals surface area contributed by atoms with Crippen LogP contribution >= 0.6 is 0 Å². The number of nitrogens with zero attached hydrogens (tertiary/aromatic N) is 1. The van der Waals surface area contributed by atoms with Gasteiger partial charge in [0, 0.05) is 24.7 Å². The molecule has 2 heterocycles. The molecular formula is C20H18N2O7. The van der Waals surface area contributed by atoms with Crippen molar-refractivity contribution in [3.8, 4) is 17.2 Å². The number of carbonyl (C=O) groups is 3. The number of amides is 2. The Morgan fingerprint density at radius 3 is 2.72 bits per heavy atom. The second-order valence-electron chi connectivity index (χ2n) is 6.66. The van der Waals surface area contributed by atoms with Crippen LogP contribution in [-0.2, 0) is 14.3 Å². The standard InChI is InChI=1S/C20H18N2O7/c1-27-20(26)11-2-4-14(15(23)6-11)21-19(25)12-7-18(24)22(9-12)13-3-5-16-17(8-13)29-10-28-16/h2-6,8,12,23H,7,9-10H2,1H3,(H,21,25). The lowest BCUT2D eigenvalue weighted by Crippen LogP contribution is -2.28. The number of hydrogen-bond donors (Lipinski definition) is 2. The van der Waals surface area contributed by atoms with Crippen molar-refractivity contribution in [3.05, 3.63) is 42.0 Å². The molecule has 0 bridgehead atoms. The van der Waals surface area contributed by atoms with Crippen molar-refractivity contribution < 1.29 is 33.7 Å². The van der Waals surface area contributed by atoms with Gasteiger partial charge in [-0.15, -0.1) is 0 Å². The van der Waals surface area contributed by atoms with E-state index < -0.39 is 17.8 Å². The van der Waals surface area contributed by atoms with Gasteiger partial charge in [-0.2, -0.15) is 0 Å². The summed E-state index contributed by atoms with van der Waals surface area (Å²) in [4.78, 5) is 38.1. The van der Waals surface area contributed by atoms with E-state index in [1.165, 1.54) is 30.2 Å². The van der Waals surface area contributed by atoms with Gasteiger partial charge < -0.3 is 29.5 Å². The maximum Gasteiger partial charge on any atom is 0.337 e. The lowest BCUT2D eigenvalue weighted by molar-refractivity contribution is -0.122. The molecule has 2 amide bonds. The number of nitrogens with one attached hydrogen (secondary N) is 1. The number of aromatic hydroxyl groups is 1. The van der Waals surface area contributed by atoms with Gasteiger partial charge in [0.05, 0.1) is 24.3 Å². The van der Waals surface area contributed by atoms with E-state index in [0.29, 0.717) is 17.2 Å². The van der Waals surface area contributed by atoms with Gasteiger partial charge in [0.1, 0.15) is 5.75 Å². The molecule has 1 saturated heterocycles. The summed E-state index contributed by atoms with van der Waals surface area (Å²) in [5, 5.41) is 12.7. The smallest absolute Gasteiger partial charge is 0.337 e. The predicted octanol–water partition coefficient (Wildman–Crippen LogP) is 1.90. The summed E-state index contributed by atoms with van der Waals surface area (Å²) in [7, 11) is 1.23. The highest BCUT2D eigenvalue weighted by molar-refractivity contribution is 6.04. The maximum atomic E-state index is 12.6. The first kappa shape index (κ1) is 18.6. The van der Waals surface area contributed by atoms with Gasteiger partial charge >= 0.3 is 5.97 Å². The van der Waals surface area contributed by atoms with Crippen LogP contribution in [-0.4, -0.2) is 43.3 Å². The Balaban J connectivity index is 1.45. The Hall–Kier alpha value is -3.75. The minimum absolute atomic E-state index is 0.0429. The van der Waals surface area contributed by atoms with Crippen LogP contribution in [0.4, 0.5) is 11.4 Å². The van der Waals surface area contributed by atoms with Crippen LogP contribution in [0.2, 0.25) is 0 Å². The molecule has 29 heavy (non-hydrogen) atoms. The predicted molar refractivity (Wildman–Crippen MR) is 101 cm³/mol. The van der Waals surface area contributed by atoms with Crippen LogP contribution in [0.1, 0.15) is 16.8 Å². The molecule has 0 radical (unpaired) electrons. The number of benzene rings is 2. The number of carbonyl (C=O) groups excluding carboxylic acids is 3. The number of ether oxygens (including phenoxy) is 3. The first-order chi connectivity index (χ1) is 14.0. The summed E-state index contributed by atoms with van der Waals surface area (Å²) in [6.07, 6.45) is 0.0429. The van der Waals surface area contributed by atoms with Crippen LogP contribution < -0.4 is 19.7 Å². The number of methoxy groups -OCH3 is 1. The van der Waals surface area contributed by atoms with Crippen molar-refractivity contribution in [3.63, 3.8) is 0 Å². The minimum atomic E-state index is -0.598. The normalized spacial score (nSPS) is 17.3. The van der Waals surface area contributed by atoms with Crippen LogP contribution in [0.25, 0.3) is 0 Å². The highest BCUT2D eigenvalue weighted by Crippen LogP contribution is 2.37. The molecule has 0 aromatic heterocycles. The van der Waals surface area contributed by atoms with Gasteiger partial charge in [-0.1, -0.05) is 0 Å². The SMILES string of the molecule is COC(=O)c1ccc(NC(=O)C2CC(=O)N(c3ccc4c(c3)OCO4)C2)c(O)c1. The Bertz CT molecular complexity index is 1000. The summed E-state index contributed by atoms with van der Waals surface area (Å²) >= 11 is 0. The minimum Gasteiger partial charge on any atom is -0.506 e. The molecule has 0 saturated carbocycles. The van der Waals surface area contributed by atoms with Crippen molar-refractivity contribution in [2.24, 2.45) is 5.92 Å². The summed E-state index contributed by atoms with van der Waals surface area (Å²) in [5.41, 5.74) is 0.935. The topological polar surface area (TPSA) is 114 Å². The van der Waals surface area contributed by atoms with Crippen LogP contribution in [0, 0.1) is 5.92 Å². The third kappa shape index (κ3) is 3.54. The summed E-state index contributed by atoms with van der Waals surface area (Å²) < 4.78 is 15.2. The fraction of sp³-hybridized carbons (Fsp3) is 0.250. The zero-order valence-corrected chi connectivity index (χ0v) is 15.5. The van der Waals surface area contributed by atoms with Gasteiger partial charge in [-0.05, 0) is 30.3 Å². The number of phenolic OH excluding ortho intramolecular Hbond substituents is 1. The number of hydrogen-bond acceptors (Lipinski definition) is 7. The lowest BCUT2D eigenvalue weighted by Gasteiger charge is -2.17. The quantitative estimate of drug-likeness (QED) is 0.597. The molecule has 2 aliphatic heterocycles. The number of rotatable bonds is 4. The molecule has 0 aliphatic carbocycles. The molecule has 1 unspecified atom stereocenters. The van der Waals surface area contributed by atoms with Crippen LogP contribution in [0.15, 0.2) is 36.4 Å². The van der Waals surface area contributed by atoms with Crippen LogP contribution in [0.5, 0.6) is 17.2 Å². The Morgan fingerprint density at radius 2 is 1.97 bits per heavy atom. The molecule has 2 aromatic rings. The highest BCUT2D eigenvalue weighted by atomic mass is 16.7. The summed E-state index contributed by atoms with van der Waals surface area (Å²) in [6, 6.07) is 9.21. The van der Waals surface area contributed by atoms with Gasteiger partial charge in [-0.3, -0.25) is 9.59 Å². The second-order valence-corrected chi connectivity index (χ2v) is 6.66. The number of esters is 1. The van der Waals surface area contributed by atoms with Gasteiger partial charge in [0.15, 0.2) is 11.5 Å². The Morgan fingerprint density at radius 1 is 1.17 bits per heavy atom. The Kier molecular flexibility index (Phi) is 4.71. The lowest BCUT2D eigenvalue weighted by atomic mass is 10.1. The molecule has 2 N–H and O–H groups in total. The second kappa shape index (κ2) is 7.34. The van der Waals surface area contributed by atoms with E-state index in [0.717, 1.165) is 0 Å². The highest BCUT2D eigenvalue weighted by Gasteiger charge is 2.36. The maximum absolute atomic E-state index is 12.6. The fourth-order valence-electron chi connectivity index (χ4n) is 3.30. The molecule has 9 heteroatoms. The van der Waals surface area contributed by atoms with Crippen molar-refractivity contribution in [1.29, 1.82) is 0 Å². The number of anilines is 2. The van der Waals surface area contributed by atoms with Crippen molar-refractivity contribution in [1.82, 2.24) is 0 Å². The molecule has 1 atom stereocenters. The van der Waals surface area contributed by atoms with E-state index >= 15 is 0 Å². The average Bonchev–Trinajstić information content (AvgIpc) is 3.34. The number of phenols is 1. The van der Waals surface area contributed by atoms with E-state index in [2.05, 4.69) is 10.1 Å². The average molecular weight is 398 g/mol. The van der Waals surface area contributed by atoms with E-state index in [9.17, 15) is 19.5 Å². The zero-order valence-electron chi connectivity index (χ0n) is 15.5. The molecule has 4 rings (SSSR count). The third-order valence-corrected chi connectivity index (χ3v) is 4.84. The molecule has 2 aliphatic rings. The van der Waals surface area contributed by atoms with E-state index in [1.54, 1.807) is 18.2 Å². The van der Waals surface area contributed by atoms with Crippen LogP contribution in [0.3, 0.4) is 0 Å². The third-order valence-electron chi connectivity index (χ3n) is 4.84. The molecule has 0 spiro atoms.